The summed E-state index contributed by atoms with van der Waals surface area (Å²) in [5.41, 5.74) is 6.33. The van der Waals surface area contributed by atoms with Crippen LogP contribution in [0.25, 0.3) is 0 Å². The van der Waals surface area contributed by atoms with Gasteiger partial charge < -0.3 is 10.6 Å². The molecule has 1 aromatic heterocycles. The largest absolute Gasteiger partial charge is 0.379 e. The fourth-order valence-corrected chi connectivity index (χ4v) is 4.74. The van der Waals surface area contributed by atoms with Crippen molar-refractivity contribution in [3.05, 3.63) is 57.9 Å². The molecule has 2 aromatic rings. The SMILES string of the molecule is Clc1ccc2c(c1NCc1ccc(CC3CCCCC3)nc1)CCNCC2. The molecule has 27 heavy (non-hydrogen) atoms. The van der Waals surface area contributed by atoms with Crippen molar-refractivity contribution in [3.63, 3.8) is 0 Å². The van der Waals surface area contributed by atoms with Crippen LogP contribution in [0.15, 0.2) is 30.5 Å². The quantitative estimate of drug-likeness (QED) is 0.748. The van der Waals surface area contributed by atoms with Crippen molar-refractivity contribution >= 4 is 17.3 Å². The number of pyridine rings is 1. The molecule has 1 aromatic carbocycles. The first-order valence-corrected chi connectivity index (χ1v) is 10.9. The van der Waals surface area contributed by atoms with Crippen molar-refractivity contribution in [2.45, 2.75) is 57.9 Å². The molecule has 4 heteroatoms. The molecule has 2 N–H and O–H groups in total. The zero-order valence-electron chi connectivity index (χ0n) is 16.1. The third-order valence-electron chi connectivity index (χ3n) is 6.06. The van der Waals surface area contributed by atoms with Gasteiger partial charge in [0.25, 0.3) is 0 Å². The lowest BCUT2D eigenvalue weighted by Crippen LogP contribution is -2.16. The summed E-state index contributed by atoms with van der Waals surface area (Å²) in [6.45, 7) is 2.82. The van der Waals surface area contributed by atoms with Gasteiger partial charge in [-0.3, -0.25) is 4.98 Å². The molecule has 2 heterocycles. The summed E-state index contributed by atoms with van der Waals surface area (Å²) in [7, 11) is 0. The highest BCUT2D eigenvalue weighted by molar-refractivity contribution is 6.33. The number of nitrogens with one attached hydrogen (secondary N) is 2. The summed E-state index contributed by atoms with van der Waals surface area (Å²) >= 11 is 6.52. The molecule has 0 radical (unpaired) electrons. The van der Waals surface area contributed by atoms with Crippen LogP contribution in [0.5, 0.6) is 0 Å². The highest BCUT2D eigenvalue weighted by Crippen LogP contribution is 2.31. The van der Waals surface area contributed by atoms with Gasteiger partial charge in [0.1, 0.15) is 0 Å². The van der Waals surface area contributed by atoms with Crippen LogP contribution in [-0.2, 0) is 25.8 Å². The molecule has 1 saturated carbocycles. The van der Waals surface area contributed by atoms with E-state index in [0.717, 1.165) is 55.5 Å². The van der Waals surface area contributed by atoms with E-state index in [0.29, 0.717) is 0 Å². The van der Waals surface area contributed by atoms with Crippen LogP contribution in [0.2, 0.25) is 5.02 Å². The Hall–Kier alpha value is -1.58. The van der Waals surface area contributed by atoms with E-state index in [1.54, 1.807) is 0 Å². The van der Waals surface area contributed by atoms with E-state index >= 15 is 0 Å². The fourth-order valence-electron chi connectivity index (χ4n) is 4.49. The van der Waals surface area contributed by atoms with Gasteiger partial charge in [0.05, 0.1) is 10.7 Å². The Morgan fingerprint density at radius 3 is 2.70 bits per heavy atom. The van der Waals surface area contributed by atoms with Crippen LogP contribution in [0.3, 0.4) is 0 Å². The Bertz CT molecular complexity index is 751. The lowest BCUT2D eigenvalue weighted by atomic mass is 9.86. The Kier molecular flexibility index (Phi) is 6.31. The Morgan fingerprint density at radius 1 is 1.04 bits per heavy atom. The minimum absolute atomic E-state index is 0.764. The number of benzene rings is 1. The average molecular weight is 384 g/mol. The summed E-state index contributed by atoms with van der Waals surface area (Å²) in [6, 6.07) is 8.63. The zero-order valence-corrected chi connectivity index (χ0v) is 16.8. The monoisotopic (exact) mass is 383 g/mol. The topological polar surface area (TPSA) is 37.0 Å². The molecule has 144 valence electrons. The van der Waals surface area contributed by atoms with Crippen molar-refractivity contribution in [2.75, 3.05) is 18.4 Å². The van der Waals surface area contributed by atoms with Gasteiger partial charge in [-0.25, -0.2) is 0 Å². The van der Waals surface area contributed by atoms with Gasteiger partial charge in [-0.1, -0.05) is 55.8 Å². The maximum atomic E-state index is 6.52. The van der Waals surface area contributed by atoms with Crippen LogP contribution >= 0.6 is 11.6 Å². The predicted molar refractivity (Wildman–Crippen MR) is 114 cm³/mol. The molecule has 0 atom stereocenters. The molecule has 3 nitrogen and oxygen atoms in total. The Balaban J connectivity index is 1.40. The van der Waals surface area contributed by atoms with E-state index in [-0.39, 0.29) is 0 Å². The second-order valence-corrected chi connectivity index (χ2v) is 8.44. The van der Waals surface area contributed by atoms with Gasteiger partial charge in [0, 0.05) is 18.4 Å². The van der Waals surface area contributed by atoms with Crippen LogP contribution in [0, 0.1) is 5.92 Å². The van der Waals surface area contributed by atoms with Gasteiger partial charge in [0.2, 0.25) is 0 Å². The van der Waals surface area contributed by atoms with Gasteiger partial charge in [-0.15, -0.1) is 0 Å². The van der Waals surface area contributed by atoms with Gasteiger partial charge in [0.15, 0.2) is 0 Å². The maximum absolute atomic E-state index is 6.52. The van der Waals surface area contributed by atoms with Crippen molar-refractivity contribution in [2.24, 2.45) is 5.92 Å². The third kappa shape index (κ3) is 4.83. The molecule has 4 rings (SSSR count). The fraction of sp³-hybridized carbons (Fsp3) is 0.522. The number of nitrogens with zero attached hydrogens (tertiary/aromatic N) is 1. The van der Waals surface area contributed by atoms with Crippen LogP contribution in [0.1, 0.15) is 54.5 Å². The van der Waals surface area contributed by atoms with Crippen LogP contribution in [-0.4, -0.2) is 18.1 Å². The van der Waals surface area contributed by atoms with Crippen molar-refractivity contribution in [1.82, 2.24) is 10.3 Å². The first-order chi connectivity index (χ1) is 13.3. The number of hydrogen-bond acceptors (Lipinski definition) is 3. The Morgan fingerprint density at radius 2 is 1.89 bits per heavy atom. The molecule has 1 aliphatic carbocycles. The van der Waals surface area contributed by atoms with Crippen LogP contribution in [0.4, 0.5) is 5.69 Å². The molecular weight excluding hydrogens is 354 g/mol. The molecule has 0 amide bonds. The van der Waals surface area contributed by atoms with E-state index in [2.05, 4.69) is 28.8 Å². The van der Waals surface area contributed by atoms with E-state index < -0.39 is 0 Å². The van der Waals surface area contributed by atoms with E-state index in [1.807, 2.05) is 12.3 Å². The standard InChI is InChI=1S/C23H30ClN3/c24-22-9-7-19-10-12-25-13-11-21(19)23(22)27-16-18-6-8-20(26-15-18)14-17-4-2-1-3-5-17/h6-9,15,17,25,27H,1-5,10-14,16H2. The molecular formula is C23H30ClN3. The molecule has 2 aliphatic rings. The third-order valence-corrected chi connectivity index (χ3v) is 6.37. The number of rotatable bonds is 5. The second-order valence-electron chi connectivity index (χ2n) is 8.03. The average Bonchev–Trinajstić information content (AvgIpc) is 2.95. The number of aromatic nitrogens is 1. The van der Waals surface area contributed by atoms with E-state index in [1.165, 1.54) is 54.5 Å². The Labute approximate surface area is 167 Å². The molecule has 1 aliphatic heterocycles. The minimum atomic E-state index is 0.764. The smallest absolute Gasteiger partial charge is 0.0640 e. The summed E-state index contributed by atoms with van der Waals surface area (Å²) in [4.78, 5) is 4.73. The summed E-state index contributed by atoms with van der Waals surface area (Å²) < 4.78 is 0. The highest BCUT2D eigenvalue weighted by Gasteiger charge is 2.16. The molecule has 0 saturated heterocycles. The van der Waals surface area contributed by atoms with Gasteiger partial charge >= 0.3 is 0 Å². The van der Waals surface area contributed by atoms with E-state index in [4.69, 9.17) is 16.6 Å². The van der Waals surface area contributed by atoms with Crippen LogP contribution < -0.4 is 10.6 Å². The number of fused-ring (bicyclic) bond motifs is 1. The molecule has 0 spiro atoms. The van der Waals surface area contributed by atoms with Crippen molar-refractivity contribution in [3.8, 4) is 0 Å². The molecule has 1 fully saturated rings. The molecule has 0 unspecified atom stereocenters. The summed E-state index contributed by atoms with van der Waals surface area (Å²) in [5.74, 6) is 0.836. The van der Waals surface area contributed by atoms with Gasteiger partial charge in [-0.2, -0.15) is 0 Å². The van der Waals surface area contributed by atoms with Crippen molar-refractivity contribution < 1.29 is 0 Å². The zero-order chi connectivity index (χ0) is 18.5. The molecule has 0 bridgehead atoms. The summed E-state index contributed by atoms with van der Waals surface area (Å²) in [6.07, 6.45) is 12.2. The number of halogens is 1. The van der Waals surface area contributed by atoms with Crippen molar-refractivity contribution in [1.29, 1.82) is 0 Å². The first kappa shape index (κ1) is 18.8. The summed E-state index contributed by atoms with van der Waals surface area (Å²) in [5, 5.41) is 7.88. The normalized spacial score (nSPS) is 18.0. The minimum Gasteiger partial charge on any atom is -0.379 e. The number of hydrogen-bond donors (Lipinski definition) is 2. The maximum Gasteiger partial charge on any atom is 0.0640 e. The lowest BCUT2D eigenvalue weighted by molar-refractivity contribution is 0.354. The van der Waals surface area contributed by atoms with E-state index in [9.17, 15) is 0 Å². The second kappa shape index (κ2) is 9.07. The number of anilines is 1. The highest BCUT2D eigenvalue weighted by atomic mass is 35.5. The predicted octanol–water partition coefficient (Wildman–Crippen LogP) is 5.16. The lowest BCUT2D eigenvalue weighted by Gasteiger charge is -2.21. The first-order valence-electron chi connectivity index (χ1n) is 10.5. The van der Waals surface area contributed by atoms with Gasteiger partial charge in [-0.05, 0) is 67.1 Å².